The third-order valence-electron chi connectivity index (χ3n) is 3.91. The summed E-state index contributed by atoms with van der Waals surface area (Å²) >= 11 is 0. The van der Waals surface area contributed by atoms with Gasteiger partial charge in [-0.05, 0) is 37.8 Å². The topological polar surface area (TPSA) is 61.8 Å². The lowest BCUT2D eigenvalue weighted by atomic mass is 9.92. The molecule has 0 aliphatic carbocycles. The van der Waals surface area contributed by atoms with E-state index >= 15 is 0 Å². The normalized spacial score (nSPS) is 17.2. The van der Waals surface area contributed by atoms with Crippen molar-refractivity contribution in [2.45, 2.75) is 32.5 Å². The van der Waals surface area contributed by atoms with Crippen LogP contribution in [-0.2, 0) is 0 Å². The highest BCUT2D eigenvalue weighted by Gasteiger charge is 2.26. The van der Waals surface area contributed by atoms with Crippen LogP contribution in [-0.4, -0.2) is 41.8 Å². The summed E-state index contributed by atoms with van der Waals surface area (Å²) in [7, 11) is 0. The van der Waals surface area contributed by atoms with E-state index in [-0.39, 0.29) is 11.6 Å². The molecule has 1 atom stereocenters. The van der Waals surface area contributed by atoms with Gasteiger partial charge in [-0.3, -0.25) is 0 Å². The molecule has 0 bridgehead atoms. The molecule has 1 aliphatic rings. The van der Waals surface area contributed by atoms with E-state index in [0.29, 0.717) is 25.9 Å². The first-order valence-electron chi connectivity index (χ1n) is 7.35. The van der Waals surface area contributed by atoms with Gasteiger partial charge >= 0.3 is 12.6 Å². The third kappa shape index (κ3) is 4.75. The van der Waals surface area contributed by atoms with Gasteiger partial charge in [0.25, 0.3) is 0 Å². The maximum absolute atomic E-state index is 13.1. The predicted molar refractivity (Wildman–Crippen MR) is 78.0 cm³/mol. The zero-order valence-corrected chi connectivity index (χ0v) is 12.6. The number of urea groups is 1. The highest BCUT2D eigenvalue weighted by atomic mass is 19.3. The van der Waals surface area contributed by atoms with Crippen LogP contribution in [0.1, 0.15) is 19.8 Å². The highest BCUT2D eigenvalue weighted by Crippen LogP contribution is 2.28. The number of nitrogens with one attached hydrogen (secondary N) is 1. The van der Waals surface area contributed by atoms with Crippen LogP contribution in [0.15, 0.2) is 18.2 Å². The number of nitrogens with zero attached hydrogens (tertiary/aromatic N) is 1. The number of hydrogen-bond donors (Lipinski definition) is 2. The van der Waals surface area contributed by atoms with E-state index in [1.807, 2.05) is 0 Å². The van der Waals surface area contributed by atoms with E-state index in [1.54, 1.807) is 6.92 Å². The van der Waals surface area contributed by atoms with Crippen LogP contribution in [0.5, 0.6) is 5.75 Å². The molecule has 1 heterocycles. The number of amides is 2. The van der Waals surface area contributed by atoms with Crippen LogP contribution >= 0.6 is 0 Å². The lowest BCUT2D eigenvalue weighted by molar-refractivity contribution is -0.0495. The zero-order chi connectivity index (χ0) is 17.0. The van der Waals surface area contributed by atoms with Crippen molar-refractivity contribution in [1.29, 1.82) is 0 Å². The molecule has 1 unspecified atom stereocenters. The van der Waals surface area contributed by atoms with Crippen LogP contribution < -0.4 is 10.1 Å². The van der Waals surface area contributed by atoms with Gasteiger partial charge in [-0.2, -0.15) is 8.78 Å². The van der Waals surface area contributed by atoms with Crippen LogP contribution in [0.3, 0.4) is 0 Å². The molecule has 1 aromatic carbocycles. The third-order valence-corrected chi connectivity index (χ3v) is 3.91. The summed E-state index contributed by atoms with van der Waals surface area (Å²) in [6, 6.07) is 2.54. The molecule has 23 heavy (non-hydrogen) atoms. The maximum Gasteiger partial charge on any atom is 0.387 e. The standard InChI is InChI=1S/C15H19F3N2O3/c1-9(21)10-4-6-20(7-5-10)15(22)19-12-3-2-11(16)8-13(12)23-14(17)18/h2-3,8-10,14,21H,4-7H2,1H3,(H,19,22). The number of hydrogen-bond acceptors (Lipinski definition) is 3. The Labute approximate surface area is 132 Å². The van der Waals surface area contributed by atoms with E-state index in [2.05, 4.69) is 10.1 Å². The second-order valence-corrected chi connectivity index (χ2v) is 5.51. The monoisotopic (exact) mass is 332 g/mol. The molecule has 2 N–H and O–H groups in total. The van der Waals surface area contributed by atoms with Gasteiger partial charge in [-0.1, -0.05) is 0 Å². The molecule has 0 spiro atoms. The Morgan fingerprint density at radius 3 is 2.61 bits per heavy atom. The summed E-state index contributed by atoms with van der Waals surface area (Å²) < 4.78 is 42.1. The van der Waals surface area contributed by atoms with Crippen molar-refractivity contribution in [2.75, 3.05) is 18.4 Å². The van der Waals surface area contributed by atoms with Crippen LogP contribution in [0.2, 0.25) is 0 Å². The van der Waals surface area contributed by atoms with Crippen LogP contribution in [0.25, 0.3) is 0 Å². The largest absolute Gasteiger partial charge is 0.432 e. The number of halogens is 3. The Balaban J connectivity index is 2.00. The Morgan fingerprint density at radius 1 is 1.39 bits per heavy atom. The molecule has 0 aromatic heterocycles. The molecule has 1 fully saturated rings. The van der Waals surface area contributed by atoms with Crippen LogP contribution in [0.4, 0.5) is 23.7 Å². The number of aliphatic hydroxyl groups is 1. The van der Waals surface area contributed by atoms with Gasteiger partial charge in [0.2, 0.25) is 0 Å². The molecular formula is C15H19F3N2O3. The molecule has 8 heteroatoms. The first-order chi connectivity index (χ1) is 10.9. The number of alkyl halides is 2. The van der Waals surface area contributed by atoms with Crippen molar-refractivity contribution < 1.29 is 27.8 Å². The van der Waals surface area contributed by atoms with Gasteiger partial charge in [0.05, 0.1) is 11.8 Å². The average molecular weight is 332 g/mol. The quantitative estimate of drug-likeness (QED) is 0.891. The van der Waals surface area contributed by atoms with Gasteiger partial charge in [-0.25, -0.2) is 9.18 Å². The van der Waals surface area contributed by atoms with Crippen molar-refractivity contribution >= 4 is 11.7 Å². The molecule has 0 saturated carbocycles. The van der Waals surface area contributed by atoms with Crippen LogP contribution in [0, 0.1) is 11.7 Å². The van der Waals surface area contributed by atoms with Gasteiger partial charge in [0.15, 0.2) is 5.75 Å². The van der Waals surface area contributed by atoms with E-state index in [0.717, 1.165) is 12.1 Å². The summed E-state index contributed by atoms with van der Waals surface area (Å²) in [5.74, 6) is -1.02. The Hall–Kier alpha value is -1.96. The number of benzene rings is 1. The number of aliphatic hydroxyl groups excluding tert-OH is 1. The Bertz CT molecular complexity index is 547. The number of anilines is 1. The Kier molecular flexibility index (Phi) is 5.70. The number of piperidine rings is 1. The summed E-state index contributed by atoms with van der Waals surface area (Å²) in [4.78, 5) is 13.7. The minimum absolute atomic E-state index is 0.0191. The van der Waals surface area contributed by atoms with Gasteiger partial charge < -0.3 is 20.1 Å². The number of rotatable bonds is 4. The minimum atomic E-state index is -3.12. The van der Waals surface area contributed by atoms with Crippen molar-refractivity contribution in [3.8, 4) is 5.75 Å². The fourth-order valence-electron chi connectivity index (χ4n) is 2.57. The second kappa shape index (κ2) is 7.54. The van der Waals surface area contributed by atoms with E-state index in [1.165, 1.54) is 11.0 Å². The lowest BCUT2D eigenvalue weighted by Crippen LogP contribution is -2.42. The molecule has 0 radical (unpaired) electrons. The Morgan fingerprint density at radius 2 is 2.04 bits per heavy atom. The van der Waals surface area contributed by atoms with Crippen molar-refractivity contribution in [2.24, 2.45) is 5.92 Å². The van der Waals surface area contributed by atoms with E-state index in [9.17, 15) is 23.1 Å². The minimum Gasteiger partial charge on any atom is -0.432 e. The number of carbonyl (C=O) groups excluding carboxylic acids is 1. The summed E-state index contributed by atoms with van der Waals surface area (Å²) in [6.45, 7) is -0.497. The number of likely N-dealkylation sites (tertiary alicyclic amines) is 1. The first-order valence-corrected chi connectivity index (χ1v) is 7.35. The van der Waals surface area contributed by atoms with Gasteiger partial charge in [-0.15, -0.1) is 0 Å². The van der Waals surface area contributed by atoms with E-state index in [4.69, 9.17) is 0 Å². The average Bonchev–Trinajstić information content (AvgIpc) is 2.49. The molecule has 2 rings (SSSR count). The summed E-state index contributed by atoms with van der Waals surface area (Å²) in [5, 5.41) is 12.0. The fraction of sp³-hybridized carbons (Fsp3) is 0.533. The van der Waals surface area contributed by atoms with Crippen molar-refractivity contribution in [3.05, 3.63) is 24.0 Å². The van der Waals surface area contributed by atoms with Gasteiger partial charge in [0.1, 0.15) is 5.82 Å². The maximum atomic E-state index is 13.1. The van der Waals surface area contributed by atoms with Crippen molar-refractivity contribution in [3.63, 3.8) is 0 Å². The lowest BCUT2D eigenvalue weighted by Gasteiger charge is -2.33. The molecule has 1 aliphatic heterocycles. The summed E-state index contributed by atoms with van der Waals surface area (Å²) in [6.07, 6.45) is 0.896. The first kappa shape index (κ1) is 17.4. The predicted octanol–water partition coefficient (Wildman–Crippen LogP) is 3.05. The molecular weight excluding hydrogens is 313 g/mol. The molecule has 5 nitrogen and oxygen atoms in total. The second-order valence-electron chi connectivity index (χ2n) is 5.51. The molecule has 1 aromatic rings. The number of ether oxygens (including phenoxy) is 1. The smallest absolute Gasteiger partial charge is 0.387 e. The molecule has 1 saturated heterocycles. The van der Waals surface area contributed by atoms with Crippen molar-refractivity contribution in [1.82, 2.24) is 4.90 Å². The van der Waals surface area contributed by atoms with Gasteiger partial charge in [0, 0.05) is 19.2 Å². The SMILES string of the molecule is CC(O)C1CCN(C(=O)Nc2ccc(F)cc2OC(F)F)CC1. The highest BCUT2D eigenvalue weighted by molar-refractivity contribution is 5.91. The molecule has 128 valence electrons. The zero-order valence-electron chi connectivity index (χ0n) is 12.6. The van der Waals surface area contributed by atoms with E-state index < -0.39 is 30.3 Å². The number of carbonyl (C=O) groups is 1. The summed E-state index contributed by atoms with van der Waals surface area (Å²) in [5.41, 5.74) is -0.0191. The fourth-order valence-corrected chi connectivity index (χ4v) is 2.57. The molecule has 2 amide bonds.